The first kappa shape index (κ1) is 8.90. The van der Waals surface area contributed by atoms with Gasteiger partial charge in [0.05, 0.1) is 0 Å². The molecule has 1 unspecified atom stereocenters. The molecule has 0 saturated heterocycles. The van der Waals surface area contributed by atoms with Crippen molar-refractivity contribution >= 4 is 16.7 Å². The zero-order valence-corrected chi connectivity index (χ0v) is 7.69. The number of nitrogens with zero attached hydrogens (tertiary/aromatic N) is 1. The summed E-state index contributed by atoms with van der Waals surface area (Å²) in [4.78, 5) is 17.9. The minimum Gasteiger partial charge on any atom is -0.380 e. The van der Waals surface area contributed by atoms with E-state index >= 15 is 0 Å². The number of pyridine rings is 1. The predicted octanol–water partition coefficient (Wildman–Crippen LogP) is 1.19. The summed E-state index contributed by atoms with van der Waals surface area (Å²) in [7, 11) is 0. The van der Waals surface area contributed by atoms with E-state index in [4.69, 9.17) is 0 Å². The van der Waals surface area contributed by atoms with Crippen molar-refractivity contribution in [2.24, 2.45) is 0 Å². The van der Waals surface area contributed by atoms with Gasteiger partial charge in [-0.3, -0.25) is 9.78 Å². The van der Waals surface area contributed by atoms with Crippen LogP contribution in [0.4, 0.5) is 0 Å². The van der Waals surface area contributed by atoms with Crippen LogP contribution < -0.4 is 0 Å². The second-order valence-corrected chi connectivity index (χ2v) is 3.18. The van der Waals surface area contributed by atoms with Crippen molar-refractivity contribution in [2.75, 3.05) is 0 Å². The number of ketones is 1. The van der Waals surface area contributed by atoms with E-state index in [1.165, 1.54) is 6.92 Å². The van der Waals surface area contributed by atoms with Crippen LogP contribution in [0.25, 0.3) is 10.9 Å². The van der Waals surface area contributed by atoms with Crippen molar-refractivity contribution in [3.05, 3.63) is 30.2 Å². The highest BCUT2D eigenvalue weighted by molar-refractivity contribution is 5.90. The van der Waals surface area contributed by atoms with E-state index in [0.717, 1.165) is 10.9 Å². The van der Waals surface area contributed by atoms with Crippen LogP contribution in [0.5, 0.6) is 0 Å². The van der Waals surface area contributed by atoms with E-state index < -0.39 is 6.10 Å². The monoisotopic (exact) mass is 190 g/mol. The highest BCUT2D eigenvalue weighted by Crippen LogP contribution is 2.23. The summed E-state index contributed by atoms with van der Waals surface area (Å²) in [6.07, 6.45) is 3.86. The maximum atomic E-state index is 11.0. The van der Waals surface area contributed by atoms with Crippen LogP contribution in [0.3, 0.4) is 0 Å². The lowest BCUT2D eigenvalue weighted by Crippen LogP contribution is -2.06. The second kappa shape index (κ2) is 3.23. The molecule has 4 nitrogen and oxygen atoms in total. The van der Waals surface area contributed by atoms with Gasteiger partial charge in [-0.2, -0.15) is 0 Å². The van der Waals surface area contributed by atoms with Gasteiger partial charge in [0.1, 0.15) is 6.10 Å². The molecule has 0 amide bonds. The maximum Gasteiger partial charge on any atom is 0.162 e. The third-order valence-corrected chi connectivity index (χ3v) is 2.19. The number of aromatic amines is 1. The Bertz CT molecular complexity index is 476. The Balaban J connectivity index is 2.58. The average molecular weight is 190 g/mol. The molecule has 0 aliphatic rings. The molecule has 72 valence electrons. The predicted molar refractivity (Wildman–Crippen MR) is 51.7 cm³/mol. The third kappa shape index (κ3) is 1.29. The van der Waals surface area contributed by atoms with Gasteiger partial charge in [-0.15, -0.1) is 0 Å². The van der Waals surface area contributed by atoms with Crippen LogP contribution in [0.15, 0.2) is 24.7 Å². The van der Waals surface area contributed by atoms with E-state index in [2.05, 4.69) is 9.97 Å². The number of carbonyl (C=O) groups excluding carboxylic acids is 1. The van der Waals surface area contributed by atoms with E-state index in [0.29, 0.717) is 5.56 Å². The third-order valence-electron chi connectivity index (χ3n) is 2.19. The van der Waals surface area contributed by atoms with Gasteiger partial charge in [-0.25, -0.2) is 0 Å². The van der Waals surface area contributed by atoms with Gasteiger partial charge >= 0.3 is 0 Å². The highest BCUT2D eigenvalue weighted by atomic mass is 16.3. The van der Waals surface area contributed by atoms with Crippen molar-refractivity contribution in [1.29, 1.82) is 0 Å². The summed E-state index contributed by atoms with van der Waals surface area (Å²) in [5, 5.41) is 10.4. The Morgan fingerprint density at radius 2 is 2.43 bits per heavy atom. The minimum absolute atomic E-state index is 0.269. The number of rotatable bonds is 2. The molecule has 2 heterocycles. The fraction of sp³-hybridized carbons (Fsp3) is 0.200. The maximum absolute atomic E-state index is 11.0. The number of hydrogen-bond acceptors (Lipinski definition) is 3. The van der Waals surface area contributed by atoms with Crippen LogP contribution in [-0.2, 0) is 4.79 Å². The molecular formula is C10H10N2O2. The molecule has 14 heavy (non-hydrogen) atoms. The standard InChI is InChI=1S/C10H10N2O2/c1-6(13)10(14)8-5-12-9-2-3-11-4-7(8)9/h2-5,10,12,14H,1H3. The first-order valence-corrected chi connectivity index (χ1v) is 4.29. The number of aliphatic hydroxyl groups is 1. The van der Waals surface area contributed by atoms with Crippen molar-refractivity contribution < 1.29 is 9.90 Å². The van der Waals surface area contributed by atoms with Crippen LogP contribution in [0.1, 0.15) is 18.6 Å². The molecule has 0 radical (unpaired) electrons. The first-order valence-electron chi connectivity index (χ1n) is 4.29. The van der Waals surface area contributed by atoms with Crippen LogP contribution >= 0.6 is 0 Å². The molecule has 0 bridgehead atoms. The second-order valence-electron chi connectivity index (χ2n) is 3.18. The van der Waals surface area contributed by atoms with E-state index in [9.17, 15) is 9.90 Å². The summed E-state index contributed by atoms with van der Waals surface area (Å²) < 4.78 is 0. The molecule has 2 aromatic heterocycles. The SMILES string of the molecule is CC(=O)C(O)c1c[nH]c2ccncc12. The summed E-state index contributed by atoms with van der Waals surface area (Å²) in [5.74, 6) is -0.269. The van der Waals surface area contributed by atoms with Gasteiger partial charge in [0.15, 0.2) is 5.78 Å². The smallest absolute Gasteiger partial charge is 0.162 e. The van der Waals surface area contributed by atoms with Gasteiger partial charge in [0.25, 0.3) is 0 Å². The summed E-state index contributed by atoms with van der Waals surface area (Å²) >= 11 is 0. The number of aromatic nitrogens is 2. The number of aliphatic hydroxyl groups excluding tert-OH is 1. The largest absolute Gasteiger partial charge is 0.380 e. The van der Waals surface area contributed by atoms with Crippen LogP contribution in [0.2, 0.25) is 0 Å². The molecule has 0 aliphatic heterocycles. The molecule has 0 aliphatic carbocycles. The number of carbonyl (C=O) groups is 1. The van der Waals surface area contributed by atoms with E-state index in [1.54, 1.807) is 24.7 Å². The van der Waals surface area contributed by atoms with Crippen molar-refractivity contribution in [2.45, 2.75) is 13.0 Å². The zero-order chi connectivity index (χ0) is 10.1. The lowest BCUT2D eigenvalue weighted by molar-refractivity contribution is -0.125. The quantitative estimate of drug-likeness (QED) is 0.747. The van der Waals surface area contributed by atoms with Gasteiger partial charge in [0, 0.05) is 35.1 Å². The van der Waals surface area contributed by atoms with Crippen LogP contribution in [-0.4, -0.2) is 20.9 Å². The van der Waals surface area contributed by atoms with Gasteiger partial charge in [-0.05, 0) is 13.0 Å². The molecule has 2 rings (SSSR count). The molecule has 0 saturated carbocycles. The number of Topliss-reactive ketones (excluding diaryl/α,β-unsaturated/α-hetero) is 1. The lowest BCUT2D eigenvalue weighted by Gasteiger charge is -2.03. The van der Waals surface area contributed by atoms with Crippen LogP contribution in [0, 0.1) is 0 Å². The zero-order valence-electron chi connectivity index (χ0n) is 7.69. The molecule has 0 spiro atoms. The number of hydrogen-bond donors (Lipinski definition) is 2. The number of fused-ring (bicyclic) bond motifs is 1. The topological polar surface area (TPSA) is 66.0 Å². The molecule has 1 atom stereocenters. The molecular weight excluding hydrogens is 180 g/mol. The van der Waals surface area contributed by atoms with Gasteiger partial charge in [0.2, 0.25) is 0 Å². The Hall–Kier alpha value is -1.68. The molecule has 4 heteroatoms. The average Bonchev–Trinajstić information content (AvgIpc) is 2.60. The van der Waals surface area contributed by atoms with Gasteiger partial charge < -0.3 is 10.1 Å². The number of nitrogens with one attached hydrogen (secondary N) is 1. The summed E-state index contributed by atoms with van der Waals surface area (Å²) in [5.41, 5.74) is 1.45. The van der Waals surface area contributed by atoms with E-state index in [-0.39, 0.29) is 5.78 Å². The van der Waals surface area contributed by atoms with Gasteiger partial charge in [-0.1, -0.05) is 0 Å². The fourth-order valence-electron chi connectivity index (χ4n) is 1.43. The van der Waals surface area contributed by atoms with Crippen molar-refractivity contribution in [3.8, 4) is 0 Å². The molecule has 0 aromatic carbocycles. The Kier molecular flexibility index (Phi) is 2.05. The Morgan fingerprint density at radius 1 is 1.64 bits per heavy atom. The van der Waals surface area contributed by atoms with Crippen molar-refractivity contribution in [1.82, 2.24) is 9.97 Å². The Morgan fingerprint density at radius 3 is 3.14 bits per heavy atom. The molecule has 2 N–H and O–H groups in total. The normalized spacial score (nSPS) is 13.0. The lowest BCUT2D eigenvalue weighted by atomic mass is 10.1. The number of H-pyrrole nitrogens is 1. The summed E-state index contributed by atoms with van der Waals surface area (Å²) in [6, 6.07) is 1.80. The fourth-order valence-corrected chi connectivity index (χ4v) is 1.43. The molecule has 0 fully saturated rings. The summed E-state index contributed by atoms with van der Waals surface area (Å²) in [6.45, 7) is 1.36. The van der Waals surface area contributed by atoms with E-state index in [1.807, 2.05) is 0 Å². The highest BCUT2D eigenvalue weighted by Gasteiger charge is 2.16. The Labute approximate surface area is 80.6 Å². The molecule has 2 aromatic rings. The van der Waals surface area contributed by atoms with Crippen molar-refractivity contribution in [3.63, 3.8) is 0 Å². The minimum atomic E-state index is -1.06. The first-order chi connectivity index (χ1) is 6.70.